The van der Waals surface area contributed by atoms with Crippen molar-refractivity contribution in [2.75, 3.05) is 47.1 Å². The molecule has 0 radical (unpaired) electrons. The molecule has 0 bridgehead atoms. The van der Waals surface area contributed by atoms with Gasteiger partial charge in [0.05, 0.1) is 19.8 Å². The van der Waals surface area contributed by atoms with Gasteiger partial charge in [0.2, 0.25) is 0 Å². The van der Waals surface area contributed by atoms with Crippen LogP contribution >= 0.6 is 0 Å². The Kier molecular flexibility index (Phi) is 4.84. The van der Waals surface area contributed by atoms with Gasteiger partial charge in [0.1, 0.15) is 0 Å². The average molecular weight is 215 g/mol. The fourth-order valence-corrected chi connectivity index (χ4v) is 1.34. The Morgan fingerprint density at radius 2 is 2.20 bits per heavy atom. The van der Waals surface area contributed by atoms with Crippen LogP contribution in [0.15, 0.2) is 4.99 Å². The predicted octanol–water partition coefficient (Wildman–Crippen LogP) is -0.166. The summed E-state index contributed by atoms with van der Waals surface area (Å²) in [5.41, 5.74) is 0.263. The van der Waals surface area contributed by atoms with Gasteiger partial charge in [0.25, 0.3) is 0 Å². The lowest BCUT2D eigenvalue weighted by Gasteiger charge is -2.38. The van der Waals surface area contributed by atoms with Crippen molar-refractivity contribution in [1.82, 2.24) is 10.6 Å². The molecular weight excluding hydrogens is 194 g/mol. The van der Waals surface area contributed by atoms with Gasteiger partial charge in [-0.3, -0.25) is 4.99 Å². The van der Waals surface area contributed by atoms with Crippen molar-refractivity contribution in [2.24, 2.45) is 10.4 Å². The van der Waals surface area contributed by atoms with Gasteiger partial charge >= 0.3 is 0 Å². The standard InChI is InChI=1S/C10H21N3O2/c1-10(7-15-8-10)6-13-9(11-2)12-4-5-14-3/h4-8H2,1-3H3,(H2,11,12,13). The van der Waals surface area contributed by atoms with E-state index in [0.29, 0.717) is 6.61 Å². The predicted molar refractivity (Wildman–Crippen MR) is 60.2 cm³/mol. The molecule has 1 aliphatic heterocycles. The van der Waals surface area contributed by atoms with Crippen LogP contribution in [0.5, 0.6) is 0 Å². The number of nitrogens with one attached hydrogen (secondary N) is 2. The van der Waals surface area contributed by atoms with Crippen molar-refractivity contribution in [3.8, 4) is 0 Å². The molecule has 1 rings (SSSR count). The monoisotopic (exact) mass is 215 g/mol. The molecule has 0 saturated carbocycles. The zero-order chi connectivity index (χ0) is 11.1. The highest BCUT2D eigenvalue weighted by Crippen LogP contribution is 2.24. The van der Waals surface area contributed by atoms with Crippen molar-refractivity contribution >= 4 is 5.96 Å². The quantitative estimate of drug-likeness (QED) is 0.380. The molecule has 1 saturated heterocycles. The molecule has 1 aliphatic rings. The Labute approximate surface area is 91.2 Å². The number of rotatable bonds is 5. The van der Waals surface area contributed by atoms with E-state index in [1.165, 1.54) is 0 Å². The largest absolute Gasteiger partial charge is 0.383 e. The maximum Gasteiger partial charge on any atom is 0.191 e. The maximum absolute atomic E-state index is 5.18. The van der Waals surface area contributed by atoms with E-state index < -0.39 is 0 Å². The molecular formula is C10H21N3O2. The molecule has 0 aliphatic carbocycles. The van der Waals surface area contributed by atoms with Crippen LogP contribution in [0.2, 0.25) is 0 Å². The highest BCUT2D eigenvalue weighted by atomic mass is 16.5. The van der Waals surface area contributed by atoms with Gasteiger partial charge in [-0.05, 0) is 0 Å². The summed E-state index contributed by atoms with van der Waals surface area (Å²) in [6, 6.07) is 0. The third kappa shape index (κ3) is 4.05. The van der Waals surface area contributed by atoms with Crippen molar-refractivity contribution < 1.29 is 9.47 Å². The molecule has 0 aromatic carbocycles. The summed E-state index contributed by atoms with van der Waals surface area (Å²) < 4.78 is 10.1. The number of nitrogens with zero attached hydrogens (tertiary/aromatic N) is 1. The van der Waals surface area contributed by atoms with E-state index in [4.69, 9.17) is 9.47 Å². The second kappa shape index (κ2) is 5.92. The van der Waals surface area contributed by atoms with Crippen LogP contribution in [0.4, 0.5) is 0 Å². The lowest BCUT2D eigenvalue weighted by molar-refractivity contribution is -0.0971. The van der Waals surface area contributed by atoms with Crippen LogP contribution in [-0.4, -0.2) is 53.0 Å². The van der Waals surface area contributed by atoms with Crippen molar-refractivity contribution in [3.05, 3.63) is 0 Å². The first-order valence-electron chi connectivity index (χ1n) is 5.21. The lowest BCUT2D eigenvalue weighted by Crippen LogP contribution is -2.51. The Hall–Kier alpha value is -0.810. The second-order valence-electron chi connectivity index (χ2n) is 4.15. The van der Waals surface area contributed by atoms with Gasteiger partial charge in [-0.2, -0.15) is 0 Å². The molecule has 0 aromatic heterocycles. The molecule has 1 heterocycles. The molecule has 0 atom stereocenters. The van der Waals surface area contributed by atoms with Crippen LogP contribution in [0.3, 0.4) is 0 Å². The SMILES string of the molecule is CN=C(NCCOC)NCC1(C)COC1. The summed E-state index contributed by atoms with van der Waals surface area (Å²) in [6.07, 6.45) is 0. The first-order valence-corrected chi connectivity index (χ1v) is 5.21. The van der Waals surface area contributed by atoms with Crippen LogP contribution in [0, 0.1) is 5.41 Å². The summed E-state index contributed by atoms with van der Waals surface area (Å²) in [5.74, 6) is 0.820. The fourth-order valence-electron chi connectivity index (χ4n) is 1.34. The minimum Gasteiger partial charge on any atom is -0.383 e. The van der Waals surface area contributed by atoms with Crippen LogP contribution in [0.1, 0.15) is 6.92 Å². The number of methoxy groups -OCH3 is 1. The Morgan fingerprint density at radius 3 is 2.67 bits per heavy atom. The number of hydrogen-bond acceptors (Lipinski definition) is 3. The van der Waals surface area contributed by atoms with E-state index in [1.807, 2.05) is 0 Å². The highest BCUT2D eigenvalue weighted by molar-refractivity contribution is 5.79. The molecule has 1 fully saturated rings. The van der Waals surface area contributed by atoms with Crippen LogP contribution in [0.25, 0.3) is 0 Å². The summed E-state index contributed by atoms with van der Waals surface area (Å²) in [5, 5.41) is 6.44. The zero-order valence-electron chi connectivity index (χ0n) is 9.80. The topological polar surface area (TPSA) is 54.9 Å². The minimum atomic E-state index is 0.263. The maximum atomic E-state index is 5.18. The second-order valence-corrected chi connectivity index (χ2v) is 4.15. The Bertz CT molecular complexity index is 215. The molecule has 0 spiro atoms. The smallest absolute Gasteiger partial charge is 0.191 e. The molecule has 5 heteroatoms. The van der Waals surface area contributed by atoms with E-state index in [0.717, 1.165) is 32.3 Å². The van der Waals surface area contributed by atoms with E-state index in [1.54, 1.807) is 14.2 Å². The summed E-state index contributed by atoms with van der Waals surface area (Å²) in [6.45, 7) is 6.19. The molecule has 2 N–H and O–H groups in total. The van der Waals surface area contributed by atoms with Crippen LogP contribution < -0.4 is 10.6 Å². The Balaban J connectivity index is 2.16. The van der Waals surface area contributed by atoms with Gasteiger partial charge in [0, 0.05) is 32.7 Å². The molecule has 5 nitrogen and oxygen atoms in total. The van der Waals surface area contributed by atoms with Gasteiger partial charge in [-0.15, -0.1) is 0 Å². The third-order valence-electron chi connectivity index (χ3n) is 2.41. The highest BCUT2D eigenvalue weighted by Gasteiger charge is 2.33. The molecule has 0 aromatic rings. The summed E-state index contributed by atoms with van der Waals surface area (Å²) in [7, 11) is 3.45. The first-order chi connectivity index (χ1) is 7.20. The van der Waals surface area contributed by atoms with Gasteiger partial charge < -0.3 is 20.1 Å². The number of aliphatic imine (C=N–C) groups is 1. The van der Waals surface area contributed by atoms with Crippen LogP contribution in [-0.2, 0) is 9.47 Å². The molecule has 15 heavy (non-hydrogen) atoms. The fraction of sp³-hybridized carbons (Fsp3) is 0.900. The first kappa shape index (κ1) is 12.3. The zero-order valence-corrected chi connectivity index (χ0v) is 9.80. The Morgan fingerprint density at radius 1 is 1.47 bits per heavy atom. The number of ether oxygens (including phenoxy) is 2. The van der Waals surface area contributed by atoms with Gasteiger partial charge in [-0.1, -0.05) is 6.92 Å². The minimum absolute atomic E-state index is 0.263. The van der Waals surface area contributed by atoms with E-state index in [-0.39, 0.29) is 5.41 Å². The normalized spacial score (nSPS) is 19.5. The molecule has 0 unspecified atom stereocenters. The molecule has 88 valence electrons. The summed E-state index contributed by atoms with van der Waals surface area (Å²) >= 11 is 0. The van der Waals surface area contributed by atoms with Gasteiger partial charge in [0.15, 0.2) is 5.96 Å². The van der Waals surface area contributed by atoms with Crippen molar-refractivity contribution in [3.63, 3.8) is 0 Å². The summed E-state index contributed by atoms with van der Waals surface area (Å²) in [4.78, 5) is 4.12. The van der Waals surface area contributed by atoms with Gasteiger partial charge in [-0.25, -0.2) is 0 Å². The average Bonchev–Trinajstić information content (AvgIpc) is 2.20. The third-order valence-corrected chi connectivity index (χ3v) is 2.41. The number of hydrogen-bond donors (Lipinski definition) is 2. The van der Waals surface area contributed by atoms with Crippen molar-refractivity contribution in [2.45, 2.75) is 6.92 Å². The van der Waals surface area contributed by atoms with E-state index in [9.17, 15) is 0 Å². The number of guanidine groups is 1. The van der Waals surface area contributed by atoms with E-state index in [2.05, 4.69) is 22.5 Å². The van der Waals surface area contributed by atoms with Crippen molar-refractivity contribution in [1.29, 1.82) is 0 Å². The van der Waals surface area contributed by atoms with E-state index >= 15 is 0 Å². The molecule has 0 amide bonds. The lowest BCUT2D eigenvalue weighted by atomic mass is 9.89.